The highest BCUT2D eigenvalue weighted by Gasteiger charge is 2.41. The van der Waals surface area contributed by atoms with Crippen LogP contribution in [0, 0.1) is 23.7 Å². The summed E-state index contributed by atoms with van der Waals surface area (Å²) in [7, 11) is 0. The van der Waals surface area contributed by atoms with E-state index in [1.54, 1.807) is 0 Å². The minimum Gasteiger partial charge on any atom is -0.381 e. The number of hydrogen-bond acceptors (Lipinski definition) is 4. The molecule has 2 amide bonds. The number of likely N-dealkylation sites (tertiary alicyclic amines) is 2. The first-order valence-electron chi connectivity index (χ1n) is 13.6. The molecule has 6 nitrogen and oxygen atoms in total. The molecule has 4 aliphatic rings. The van der Waals surface area contributed by atoms with E-state index in [4.69, 9.17) is 4.74 Å². The van der Waals surface area contributed by atoms with Gasteiger partial charge in [-0.15, -0.1) is 0 Å². The van der Waals surface area contributed by atoms with Crippen molar-refractivity contribution in [1.29, 1.82) is 0 Å². The van der Waals surface area contributed by atoms with Gasteiger partial charge in [-0.05, 0) is 49.0 Å². The van der Waals surface area contributed by atoms with Crippen LogP contribution in [0.1, 0.15) is 63.0 Å². The lowest BCUT2D eigenvalue weighted by atomic mass is 9.87. The van der Waals surface area contributed by atoms with E-state index >= 15 is 0 Å². The number of carbonyl (C=O) groups is 2. The number of carbonyl (C=O) groups excluding carboxylic acids is 2. The third-order valence-electron chi connectivity index (χ3n) is 8.66. The second kappa shape index (κ2) is 11.2. The molecule has 0 bridgehead atoms. The first-order valence-corrected chi connectivity index (χ1v) is 13.6. The lowest BCUT2D eigenvalue weighted by Crippen LogP contribution is -2.37. The average molecular weight is 468 g/mol. The molecule has 5 rings (SSSR count). The van der Waals surface area contributed by atoms with Crippen molar-refractivity contribution >= 4 is 11.8 Å². The molecule has 1 aromatic rings. The van der Waals surface area contributed by atoms with Crippen molar-refractivity contribution in [2.75, 3.05) is 45.9 Å². The number of benzene rings is 1. The molecule has 1 N–H and O–H groups in total. The molecule has 6 heteroatoms. The van der Waals surface area contributed by atoms with Crippen molar-refractivity contribution in [1.82, 2.24) is 15.1 Å². The SMILES string of the molecule is O=C(NC(CCN1CC2CN(C(=O)CC3CCCCC3)C[C@@H]2C1)c1ccccc1)C1CCOC1. The number of nitrogens with zero attached hydrogens (tertiary/aromatic N) is 2. The summed E-state index contributed by atoms with van der Waals surface area (Å²) in [4.78, 5) is 30.4. The Labute approximate surface area is 204 Å². The van der Waals surface area contributed by atoms with E-state index in [9.17, 15) is 9.59 Å². The van der Waals surface area contributed by atoms with E-state index < -0.39 is 0 Å². The summed E-state index contributed by atoms with van der Waals surface area (Å²) < 4.78 is 5.42. The Morgan fingerprint density at radius 2 is 1.71 bits per heavy atom. The van der Waals surface area contributed by atoms with Crippen molar-refractivity contribution in [2.45, 2.75) is 57.4 Å². The molecule has 186 valence electrons. The topological polar surface area (TPSA) is 61.9 Å². The number of ether oxygens (including phenoxy) is 1. The van der Waals surface area contributed by atoms with Crippen LogP contribution in [-0.4, -0.2) is 67.6 Å². The van der Waals surface area contributed by atoms with E-state index in [1.807, 2.05) is 18.2 Å². The van der Waals surface area contributed by atoms with Crippen LogP contribution in [-0.2, 0) is 14.3 Å². The third kappa shape index (κ3) is 5.83. The maximum Gasteiger partial charge on any atom is 0.226 e. The van der Waals surface area contributed by atoms with Gasteiger partial charge in [-0.2, -0.15) is 0 Å². The Kier molecular flexibility index (Phi) is 7.85. The zero-order valence-electron chi connectivity index (χ0n) is 20.5. The predicted octanol–water partition coefficient (Wildman–Crippen LogP) is 3.63. The average Bonchev–Trinajstić information content (AvgIpc) is 3.60. The molecular formula is C28H41N3O3. The van der Waals surface area contributed by atoms with Gasteiger partial charge in [-0.1, -0.05) is 49.6 Å². The molecule has 3 unspecified atom stereocenters. The molecule has 3 aliphatic heterocycles. The van der Waals surface area contributed by atoms with Crippen LogP contribution < -0.4 is 5.32 Å². The quantitative estimate of drug-likeness (QED) is 0.634. The molecule has 0 aromatic heterocycles. The van der Waals surface area contributed by atoms with E-state index in [-0.39, 0.29) is 17.9 Å². The first kappa shape index (κ1) is 23.8. The summed E-state index contributed by atoms with van der Waals surface area (Å²) >= 11 is 0. The zero-order valence-corrected chi connectivity index (χ0v) is 20.5. The lowest BCUT2D eigenvalue weighted by molar-refractivity contribution is -0.131. The van der Waals surface area contributed by atoms with E-state index in [0.717, 1.165) is 52.0 Å². The molecule has 4 atom stereocenters. The molecular weight excluding hydrogens is 426 g/mol. The van der Waals surface area contributed by atoms with Crippen LogP contribution in [0.2, 0.25) is 0 Å². The summed E-state index contributed by atoms with van der Waals surface area (Å²) in [6.07, 6.45) is 8.94. The van der Waals surface area contributed by atoms with Gasteiger partial charge in [0.2, 0.25) is 11.8 Å². The summed E-state index contributed by atoms with van der Waals surface area (Å²) in [6.45, 7) is 6.22. The maximum atomic E-state index is 12.9. The standard InChI is InChI=1S/C28H41N3O3/c32-27(15-21-7-3-1-4-8-21)31-18-24-16-30(17-25(24)19-31)13-11-26(22-9-5-2-6-10-22)29-28(33)23-12-14-34-20-23/h2,5-6,9-10,21,23-26H,1,3-4,7-8,11-20H2,(H,29,33)/t23?,24-,25?,26?/m0/s1. The predicted molar refractivity (Wildman–Crippen MR) is 132 cm³/mol. The Morgan fingerprint density at radius 1 is 0.971 bits per heavy atom. The number of fused-ring (bicyclic) bond motifs is 1. The van der Waals surface area contributed by atoms with Crippen LogP contribution in [0.3, 0.4) is 0 Å². The summed E-state index contributed by atoms with van der Waals surface area (Å²) in [5.41, 5.74) is 1.17. The van der Waals surface area contributed by atoms with Gasteiger partial charge in [-0.25, -0.2) is 0 Å². The highest BCUT2D eigenvalue weighted by atomic mass is 16.5. The number of amides is 2. The van der Waals surface area contributed by atoms with Crippen LogP contribution in [0.4, 0.5) is 0 Å². The Morgan fingerprint density at radius 3 is 2.38 bits per heavy atom. The Balaban J connectivity index is 1.10. The first-order chi connectivity index (χ1) is 16.7. The molecule has 34 heavy (non-hydrogen) atoms. The molecule has 1 aliphatic carbocycles. The van der Waals surface area contributed by atoms with Crippen LogP contribution >= 0.6 is 0 Å². The van der Waals surface area contributed by atoms with Crippen molar-refractivity contribution in [2.24, 2.45) is 23.7 Å². The van der Waals surface area contributed by atoms with Gasteiger partial charge in [0.05, 0.1) is 18.6 Å². The van der Waals surface area contributed by atoms with Crippen molar-refractivity contribution in [3.8, 4) is 0 Å². The molecule has 0 radical (unpaired) electrons. The van der Waals surface area contributed by atoms with E-state index in [1.165, 1.54) is 37.7 Å². The van der Waals surface area contributed by atoms with Gasteiger partial charge in [-0.3, -0.25) is 9.59 Å². The normalized spacial score (nSPS) is 28.7. The molecule has 0 spiro atoms. The fraction of sp³-hybridized carbons (Fsp3) is 0.714. The summed E-state index contributed by atoms with van der Waals surface area (Å²) in [5.74, 6) is 2.34. The Bertz CT molecular complexity index is 805. The fourth-order valence-corrected chi connectivity index (χ4v) is 6.59. The third-order valence-corrected chi connectivity index (χ3v) is 8.66. The summed E-state index contributed by atoms with van der Waals surface area (Å²) in [6, 6.07) is 10.4. The zero-order chi connectivity index (χ0) is 23.3. The molecule has 1 saturated carbocycles. The molecule has 3 heterocycles. The largest absolute Gasteiger partial charge is 0.381 e. The fourth-order valence-electron chi connectivity index (χ4n) is 6.59. The van der Waals surface area contributed by atoms with Crippen molar-refractivity contribution in [3.05, 3.63) is 35.9 Å². The van der Waals surface area contributed by atoms with Crippen molar-refractivity contribution < 1.29 is 14.3 Å². The monoisotopic (exact) mass is 467 g/mol. The molecule has 3 saturated heterocycles. The summed E-state index contributed by atoms with van der Waals surface area (Å²) in [5, 5.41) is 3.31. The van der Waals surface area contributed by atoms with E-state index in [0.29, 0.717) is 36.9 Å². The van der Waals surface area contributed by atoms with Crippen LogP contribution in [0.15, 0.2) is 30.3 Å². The molecule has 4 fully saturated rings. The second-order valence-electron chi connectivity index (χ2n) is 11.1. The van der Waals surface area contributed by atoms with Gasteiger partial charge in [0.15, 0.2) is 0 Å². The van der Waals surface area contributed by atoms with Gasteiger partial charge >= 0.3 is 0 Å². The minimum absolute atomic E-state index is 0.0190. The maximum absolute atomic E-state index is 12.9. The van der Waals surface area contributed by atoms with E-state index in [2.05, 4.69) is 27.2 Å². The highest BCUT2D eigenvalue weighted by molar-refractivity contribution is 5.79. The van der Waals surface area contributed by atoms with Gasteiger partial charge in [0, 0.05) is 45.8 Å². The number of rotatable bonds is 8. The van der Waals surface area contributed by atoms with Gasteiger partial charge in [0.25, 0.3) is 0 Å². The second-order valence-corrected chi connectivity index (χ2v) is 11.1. The number of nitrogens with one attached hydrogen (secondary N) is 1. The molecule has 1 aromatic carbocycles. The highest BCUT2D eigenvalue weighted by Crippen LogP contribution is 2.34. The van der Waals surface area contributed by atoms with Gasteiger partial charge in [0.1, 0.15) is 0 Å². The number of hydrogen-bond donors (Lipinski definition) is 1. The van der Waals surface area contributed by atoms with Crippen LogP contribution in [0.25, 0.3) is 0 Å². The minimum atomic E-state index is -0.0190. The smallest absolute Gasteiger partial charge is 0.226 e. The van der Waals surface area contributed by atoms with Crippen molar-refractivity contribution in [3.63, 3.8) is 0 Å². The Hall–Kier alpha value is -1.92. The van der Waals surface area contributed by atoms with Gasteiger partial charge < -0.3 is 19.9 Å². The lowest BCUT2D eigenvalue weighted by Gasteiger charge is -2.27. The van der Waals surface area contributed by atoms with Crippen LogP contribution in [0.5, 0.6) is 0 Å².